The van der Waals surface area contributed by atoms with Gasteiger partial charge >= 0.3 is 0 Å². The first-order chi connectivity index (χ1) is 8.75. The highest BCUT2D eigenvalue weighted by atomic mass is 32.2. The van der Waals surface area contributed by atoms with Crippen LogP contribution in [0.25, 0.3) is 0 Å². The summed E-state index contributed by atoms with van der Waals surface area (Å²) in [7, 11) is 0. The van der Waals surface area contributed by atoms with Crippen LogP contribution >= 0.6 is 11.8 Å². The second-order valence-electron chi connectivity index (χ2n) is 3.65. The number of pyridine rings is 2. The number of nitrogens with zero attached hydrogens (tertiary/aromatic N) is 2. The molecule has 0 radical (unpaired) electrons. The number of anilines is 1. The van der Waals surface area contributed by atoms with Gasteiger partial charge < -0.3 is 5.32 Å². The smallest absolute Gasteiger partial charge is 0.237 e. The molecule has 1 N–H and O–H groups in total. The lowest BCUT2D eigenvalue weighted by atomic mass is 10.3. The van der Waals surface area contributed by atoms with E-state index in [4.69, 9.17) is 0 Å². The van der Waals surface area contributed by atoms with E-state index < -0.39 is 0 Å². The quantitative estimate of drug-likeness (QED) is 0.857. The first kappa shape index (κ1) is 12.6. The molecule has 1 unspecified atom stereocenters. The number of amides is 1. The summed E-state index contributed by atoms with van der Waals surface area (Å²) < 4.78 is 0. The molecule has 92 valence electrons. The van der Waals surface area contributed by atoms with Gasteiger partial charge in [0.2, 0.25) is 5.91 Å². The van der Waals surface area contributed by atoms with E-state index in [-0.39, 0.29) is 11.2 Å². The van der Waals surface area contributed by atoms with E-state index in [1.54, 1.807) is 30.7 Å². The second kappa shape index (κ2) is 6.16. The molecule has 1 atom stereocenters. The number of carbonyl (C=O) groups is 1. The highest BCUT2D eigenvalue weighted by Gasteiger charge is 2.14. The van der Waals surface area contributed by atoms with E-state index >= 15 is 0 Å². The van der Waals surface area contributed by atoms with Crippen LogP contribution in [0.2, 0.25) is 0 Å². The first-order valence-corrected chi connectivity index (χ1v) is 6.42. The summed E-state index contributed by atoms with van der Waals surface area (Å²) in [6.07, 6.45) is 5.01. The number of hydrogen-bond donors (Lipinski definition) is 1. The van der Waals surface area contributed by atoms with Gasteiger partial charge in [-0.3, -0.25) is 9.78 Å². The number of aromatic nitrogens is 2. The summed E-state index contributed by atoms with van der Waals surface area (Å²) in [4.78, 5) is 20.0. The third-order valence-electron chi connectivity index (χ3n) is 2.25. The maximum Gasteiger partial charge on any atom is 0.237 e. The van der Waals surface area contributed by atoms with Gasteiger partial charge in [0.25, 0.3) is 0 Å². The number of nitrogens with one attached hydrogen (secondary N) is 1. The molecule has 0 fully saturated rings. The second-order valence-corrected chi connectivity index (χ2v) is 5.01. The molecule has 4 nitrogen and oxygen atoms in total. The molecule has 0 aliphatic heterocycles. The maximum atomic E-state index is 11.9. The van der Waals surface area contributed by atoms with Crippen molar-refractivity contribution in [2.45, 2.75) is 17.2 Å². The first-order valence-electron chi connectivity index (χ1n) is 5.54. The van der Waals surface area contributed by atoms with Gasteiger partial charge in [-0.05, 0) is 31.2 Å². The summed E-state index contributed by atoms with van der Waals surface area (Å²) in [6.45, 7) is 1.86. The Morgan fingerprint density at radius 3 is 2.67 bits per heavy atom. The van der Waals surface area contributed by atoms with Crippen molar-refractivity contribution in [3.05, 3.63) is 48.9 Å². The zero-order valence-corrected chi connectivity index (χ0v) is 10.7. The van der Waals surface area contributed by atoms with Gasteiger partial charge in [0.15, 0.2) is 0 Å². The van der Waals surface area contributed by atoms with Crippen molar-refractivity contribution < 1.29 is 4.79 Å². The minimum Gasteiger partial charge on any atom is -0.325 e. The van der Waals surface area contributed by atoms with Crippen LogP contribution in [0.3, 0.4) is 0 Å². The van der Waals surface area contributed by atoms with Gasteiger partial charge in [0.1, 0.15) is 0 Å². The summed E-state index contributed by atoms with van der Waals surface area (Å²) in [5, 5.41) is 3.48. The SMILES string of the molecule is CC(Sc1ccccn1)C(=O)Nc1ccncc1. The van der Waals surface area contributed by atoms with Crippen molar-refractivity contribution in [2.24, 2.45) is 0 Å². The largest absolute Gasteiger partial charge is 0.325 e. The molecule has 5 heteroatoms. The molecule has 0 aliphatic rings. The molecule has 0 bridgehead atoms. The molecule has 1 amide bonds. The standard InChI is InChI=1S/C13H13N3OS/c1-10(18-12-4-2-3-7-15-12)13(17)16-11-5-8-14-9-6-11/h2-10H,1H3,(H,14,16,17). The number of thioether (sulfide) groups is 1. The van der Waals surface area contributed by atoms with Gasteiger partial charge in [-0.1, -0.05) is 17.8 Å². The van der Waals surface area contributed by atoms with Crippen molar-refractivity contribution in [2.75, 3.05) is 5.32 Å². The van der Waals surface area contributed by atoms with Gasteiger partial charge in [-0.2, -0.15) is 0 Å². The van der Waals surface area contributed by atoms with E-state index in [9.17, 15) is 4.79 Å². The minimum atomic E-state index is -0.201. The van der Waals surface area contributed by atoms with Crippen molar-refractivity contribution in [1.29, 1.82) is 0 Å². The Hall–Kier alpha value is -1.88. The summed E-state index contributed by atoms with van der Waals surface area (Å²) in [5.74, 6) is -0.0446. The molecule has 2 aromatic heterocycles. The fraction of sp³-hybridized carbons (Fsp3) is 0.154. The zero-order valence-electron chi connectivity index (χ0n) is 9.91. The highest BCUT2D eigenvalue weighted by Crippen LogP contribution is 2.21. The van der Waals surface area contributed by atoms with Crippen LogP contribution < -0.4 is 5.32 Å². The van der Waals surface area contributed by atoms with Crippen LogP contribution in [0.15, 0.2) is 53.9 Å². The molecule has 0 aliphatic carbocycles. The topological polar surface area (TPSA) is 54.9 Å². The molecular formula is C13H13N3OS. The van der Waals surface area contributed by atoms with E-state index in [0.29, 0.717) is 0 Å². The third-order valence-corrected chi connectivity index (χ3v) is 3.30. The molecule has 18 heavy (non-hydrogen) atoms. The van der Waals surface area contributed by atoms with Crippen LogP contribution in [0.1, 0.15) is 6.92 Å². The van der Waals surface area contributed by atoms with E-state index in [1.807, 2.05) is 25.1 Å². The lowest BCUT2D eigenvalue weighted by molar-refractivity contribution is -0.115. The fourth-order valence-corrected chi connectivity index (χ4v) is 2.14. The van der Waals surface area contributed by atoms with E-state index in [1.165, 1.54) is 11.8 Å². The third kappa shape index (κ3) is 3.56. The van der Waals surface area contributed by atoms with Crippen molar-refractivity contribution in [3.8, 4) is 0 Å². The average Bonchev–Trinajstić information content (AvgIpc) is 2.41. The van der Waals surface area contributed by atoms with Gasteiger partial charge in [0, 0.05) is 24.3 Å². The zero-order chi connectivity index (χ0) is 12.8. The summed E-state index contributed by atoms with van der Waals surface area (Å²) >= 11 is 1.43. The maximum absolute atomic E-state index is 11.9. The van der Waals surface area contributed by atoms with Gasteiger partial charge in [0.05, 0.1) is 10.3 Å². The van der Waals surface area contributed by atoms with Crippen LogP contribution in [0, 0.1) is 0 Å². The molecule has 0 saturated heterocycles. The molecule has 2 aromatic rings. The predicted molar refractivity (Wildman–Crippen MR) is 72.4 cm³/mol. The Morgan fingerprint density at radius 1 is 1.22 bits per heavy atom. The van der Waals surface area contributed by atoms with Gasteiger partial charge in [-0.15, -0.1) is 0 Å². The number of carbonyl (C=O) groups excluding carboxylic acids is 1. The summed E-state index contributed by atoms with van der Waals surface area (Å²) in [5.41, 5.74) is 0.753. The highest BCUT2D eigenvalue weighted by molar-refractivity contribution is 8.00. The van der Waals surface area contributed by atoms with Gasteiger partial charge in [-0.25, -0.2) is 4.98 Å². The number of rotatable bonds is 4. The van der Waals surface area contributed by atoms with Crippen LogP contribution in [-0.4, -0.2) is 21.1 Å². The lowest BCUT2D eigenvalue weighted by Gasteiger charge is -2.11. The molecule has 0 spiro atoms. The van der Waals surface area contributed by atoms with Crippen molar-refractivity contribution in [1.82, 2.24) is 9.97 Å². The molecule has 2 heterocycles. The van der Waals surface area contributed by atoms with Crippen LogP contribution in [-0.2, 0) is 4.79 Å². The molecule has 2 rings (SSSR count). The van der Waals surface area contributed by atoms with Crippen LogP contribution in [0.5, 0.6) is 0 Å². The molecule has 0 aromatic carbocycles. The van der Waals surface area contributed by atoms with E-state index in [0.717, 1.165) is 10.7 Å². The minimum absolute atomic E-state index is 0.0446. The Labute approximate surface area is 110 Å². The Morgan fingerprint density at radius 2 is 2.00 bits per heavy atom. The Bertz CT molecular complexity index is 504. The number of hydrogen-bond acceptors (Lipinski definition) is 4. The van der Waals surface area contributed by atoms with Crippen molar-refractivity contribution in [3.63, 3.8) is 0 Å². The van der Waals surface area contributed by atoms with Crippen molar-refractivity contribution >= 4 is 23.4 Å². The Balaban J connectivity index is 1.93. The lowest BCUT2D eigenvalue weighted by Crippen LogP contribution is -2.22. The predicted octanol–water partition coefficient (Wildman–Crippen LogP) is 2.60. The normalized spacial score (nSPS) is 11.8. The Kier molecular flexibility index (Phi) is 4.30. The summed E-state index contributed by atoms with van der Waals surface area (Å²) in [6, 6.07) is 9.17. The molecule has 0 saturated carbocycles. The fourth-order valence-electron chi connectivity index (χ4n) is 1.33. The molecular weight excluding hydrogens is 246 g/mol. The van der Waals surface area contributed by atoms with Crippen LogP contribution in [0.4, 0.5) is 5.69 Å². The monoisotopic (exact) mass is 259 g/mol. The average molecular weight is 259 g/mol. The van der Waals surface area contributed by atoms with E-state index in [2.05, 4.69) is 15.3 Å².